The lowest BCUT2D eigenvalue weighted by Gasteiger charge is -2.06. The van der Waals surface area contributed by atoms with Crippen molar-refractivity contribution in [1.82, 2.24) is 0 Å². The normalized spacial score (nSPS) is 10.4. The molecule has 94 valence electrons. The van der Waals surface area contributed by atoms with E-state index in [1.807, 2.05) is 18.2 Å². The maximum atomic E-state index is 12.1. The van der Waals surface area contributed by atoms with Crippen LogP contribution in [0, 0.1) is 0 Å². The monoisotopic (exact) mass is 515 g/mol. The first-order valence-electron chi connectivity index (χ1n) is 4.68. The molecule has 2 nitrogen and oxygen atoms in total. The molecular formula is C11H5Br4NOS. The number of halogens is 4. The van der Waals surface area contributed by atoms with Crippen LogP contribution >= 0.6 is 75.1 Å². The topological polar surface area (TPSA) is 29.1 Å². The van der Waals surface area contributed by atoms with E-state index in [1.165, 1.54) is 11.3 Å². The first-order valence-corrected chi connectivity index (χ1v) is 8.67. The van der Waals surface area contributed by atoms with E-state index in [4.69, 9.17) is 0 Å². The van der Waals surface area contributed by atoms with E-state index in [2.05, 4.69) is 69.0 Å². The van der Waals surface area contributed by atoms with E-state index < -0.39 is 0 Å². The molecule has 0 aliphatic heterocycles. The lowest BCUT2D eigenvalue weighted by molar-refractivity contribution is 0.103. The number of hydrogen-bond donors (Lipinski definition) is 1. The van der Waals surface area contributed by atoms with Crippen LogP contribution in [-0.2, 0) is 0 Å². The predicted molar refractivity (Wildman–Crippen MR) is 89.5 cm³/mol. The molecule has 1 amide bonds. The van der Waals surface area contributed by atoms with Crippen molar-refractivity contribution in [3.05, 3.63) is 46.3 Å². The quantitative estimate of drug-likeness (QED) is 0.515. The van der Waals surface area contributed by atoms with E-state index in [1.54, 1.807) is 6.07 Å². The van der Waals surface area contributed by atoms with Gasteiger partial charge in [-0.3, -0.25) is 4.79 Å². The van der Waals surface area contributed by atoms with Crippen molar-refractivity contribution in [1.29, 1.82) is 0 Å². The Balaban J connectivity index is 2.23. The van der Waals surface area contributed by atoms with Crippen LogP contribution < -0.4 is 5.32 Å². The molecule has 1 N–H and O–H groups in total. The second-order valence-electron chi connectivity index (χ2n) is 3.31. The van der Waals surface area contributed by atoms with Gasteiger partial charge in [0.15, 0.2) is 0 Å². The summed E-state index contributed by atoms with van der Waals surface area (Å²) in [6, 6.07) is 7.41. The average Bonchev–Trinajstić information content (AvgIpc) is 2.64. The minimum absolute atomic E-state index is 0.134. The minimum atomic E-state index is -0.134. The molecule has 0 unspecified atom stereocenters. The van der Waals surface area contributed by atoms with Gasteiger partial charge in [-0.2, -0.15) is 0 Å². The molecule has 1 aromatic heterocycles. The molecule has 0 fully saturated rings. The van der Waals surface area contributed by atoms with E-state index in [9.17, 15) is 4.79 Å². The van der Waals surface area contributed by atoms with Crippen molar-refractivity contribution in [3.8, 4) is 0 Å². The molecule has 0 saturated carbocycles. The summed E-state index contributed by atoms with van der Waals surface area (Å²) in [5, 5.41) is 2.86. The fourth-order valence-corrected chi connectivity index (χ4v) is 3.87. The SMILES string of the molecule is O=C(Nc1cc(Br)ccc1Br)c1cc(Br)c(Br)s1. The number of thiophene rings is 1. The zero-order valence-corrected chi connectivity index (χ0v) is 15.8. The highest BCUT2D eigenvalue weighted by Crippen LogP contribution is 2.33. The molecule has 0 saturated heterocycles. The molecule has 2 rings (SSSR count). The van der Waals surface area contributed by atoms with E-state index in [0.717, 1.165) is 22.9 Å². The second kappa shape index (κ2) is 6.17. The number of anilines is 1. The van der Waals surface area contributed by atoms with Gasteiger partial charge in [0.25, 0.3) is 5.91 Å². The maximum Gasteiger partial charge on any atom is 0.265 e. The van der Waals surface area contributed by atoms with Gasteiger partial charge in [0.1, 0.15) is 0 Å². The van der Waals surface area contributed by atoms with Crippen molar-refractivity contribution in [2.24, 2.45) is 0 Å². The molecule has 0 spiro atoms. The van der Waals surface area contributed by atoms with Crippen LogP contribution in [0.4, 0.5) is 5.69 Å². The maximum absolute atomic E-state index is 12.1. The number of rotatable bonds is 2. The zero-order chi connectivity index (χ0) is 13.3. The van der Waals surface area contributed by atoms with Crippen molar-refractivity contribution in [2.45, 2.75) is 0 Å². The molecule has 1 aromatic carbocycles. The lowest BCUT2D eigenvalue weighted by Crippen LogP contribution is -2.10. The summed E-state index contributed by atoms with van der Waals surface area (Å²) in [4.78, 5) is 12.7. The molecule has 0 radical (unpaired) electrons. The summed E-state index contributed by atoms with van der Waals surface area (Å²) < 4.78 is 3.54. The Morgan fingerprint density at radius 1 is 1.06 bits per heavy atom. The third-order valence-electron chi connectivity index (χ3n) is 2.05. The van der Waals surface area contributed by atoms with Gasteiger partial charge in [0.2, 0.25) is 0 Å². The van der Waals surface area contributed by atoms with E-state index in [-0.39, 0.29) is 5.91 Å². The molecule has 1 heterocycles. The highest BCUT2D eigenvalue weighted by Gasteiger charge is 2.13. The number of amides is 1. The smallest absolute Gasteiger partial charge is 0.265 e. The van der Waals surface area contributed by atoms with Crippen molar-refractivity contribution in [3.63, 3.8) is 0 Å². The van der Waals surface area contributed by atoms with Crippen LogP contribution in [-0.4, -0.2) is 5.91 Å². The zero-order valence-electron chi connectivity index (χ0n) is 8.64. The summed E-state index contributed by atoms with van der Waals surface area (Å²) in [6.07, 6.45) is 0. The van der Waals surface area contributed by atoms with Gasteiger partial charge < -0.3 is 5.32 Å². The van der Waals surface area contributed by atoms with Crippen LogP contribution in [0.25, 0.3) is 0 Å². The number of carbonyl (C=O) groups excluding carboxylic acids is 1. The number of benzene rings is 1. The predicted octanol–water partition coefficient (Wildman–Crippen LogP) is 6.05. The number of nitrogens with one attached hydrogen (secondary N) is 1. The van der Waals surface area contributed by atoms with Gasteiger partial charge in [-0.25, -0.2) is 0 Å². The largest absolute Gasteiger partial charge is 0.320 e. The number of carbonyl (C=O) groups is 1. The Bertz CT molecular complexity index is 592. The summed E-state index contributed by atoms with van der Waals surface area (Å²) >= 11 is 14.9. The first-order chi connectivity index (χ1) is 8.47. The van der Waals surface area contributed by atoms with Gasteiger partial charge >= 0.3 is 0 Å². The van der Waals surface area contributed by atoms with Gasteiger partial charge in [-0.1, -0.05) is 15.9 Å². The fourth-order valence-electron chi connectivity index (χ4n) is 1.24. The molecule has 7 heteroatoms. The van der Waals surface area contributed by atoms with Crippen LogP contribution in [0.2, 0.25) is 0 Å². The van der Waals surface area contributed by atoms with Crippen molar-refractivity contribution in [2.75, 3.05) is 5.32 Å². The third-order valence-corrected chi connectivity index (χ3v) is 6.49. The molecule has 0 aliphatic carbocycles. The molecular weight excluding hydrogens is 514 g/mol. The van der Waals surface area contributed by atoms with Crippen LogP contribution in [0.1, 0.15) is 9.67 Å². The van der Waals surface area contributed by atoms with Crippen molar-refractivity contribution >= 4 is 86.7 Å². The molecule has 0 atom stereocenters. The van der Waals surface area contributed by atoms with Crippen LogP contribution in [0.15, 0.2) is 41.5 Å². The molecule has 2 aromatic rings. The average molecular weight is 519 g/mol. The standard InChI is InChI=1S/C11H5Br4NOS/c12-5-1-2-6(13)8(3-5)16-11(17)9-4-7(14)10(15)18-9/h1-4H,(H,16,17). The Morgan fingerprint density at radius 3 is 2.39 bits per heavy atom. The van der Waals surface area contributed by atoms with Gasteiger partial charge in [0.05, 0.1) is 14.4 Å². The van der Waals surface area contributed by atoms with Crippen LogP contribution in [0.5, 0.6) is 0 Å². The van der Waals surface area contributed by atoms with Gasteiger partial charge in [0, 0.05) is 13.4 Å². The Hall–Kier alpha value is 0.310. The van der Waals surface area contributed by atoms with E-state index in [0.29, 0.717) is 4.88 Å². The molecule has 0 bridgehead atoms. The highest BCUT2D eigenvalue weighted by molar-refractivity contribution is 9.13. The fraction of sp³-hybridized carbons (Fsp3) is 0. The Kier molecular flexibility index (Phi) is 5.05. The second-order valence-corrected chi connectivity index (χ2v) is 8.31. The number of hydrogen-bond acceptors (Lipinski definition) is 2. The first kappa shape index (κ1) is 14.7. The lowest BCUT2D eigenvalue weighted by atomic mass is 10.3. The summed E-state index contributed by atoms with van der Waals surface area (Å²) in [7, 11) is 0. The highest BCUT2D eigenvalue weighted by atomic mass is 79.9. The molecule has 18 heavy (non-hydrogen) atoms. The minimum Gasteiger partial charge on any atom is -0.320 e. The Labute approximate surface area is 142 Å². The van der Waals surface area contributed by atoms with Crippen LogP contribution in [0.3, 0.4) is 0 Å². The van der Waals surface area contributed by atoms with E-state index >= 15 is 0 Å². The third kappa shape index (κ3) is 3.45. The summed E-state index contributed by atoms with van der Waals surface area (Å²) in [5.74, 6) is -0.134. The summed E-state index contributed by atoms with van der Waals surface area (Å²) in [6.45, 7) is 0. The molecule has 0 aliphatic rings. The van der Waals surface area contributed by atoms with Gasteiger partial charge in [-0.15, -0.1) is 11.3 Å². The summed E-state index contributed by atoms with van der Waals surface area (Å²) in [5.41, 5.74) is 0.731. The van der Waals surface area contributed by atoms with Crippen molar-refractivity contribution < 1.29 is 4.79 Å². The van der Waals surface area contributed by atoms with Gasteiger partial charge in [-0.05, 0) is 72.1 Å². The Morgan fingerprint density at radius 2 is 1.78 bits per heavy atom.